The number of aryl methyl sites for hydroxylation is 3. The van der Waals surface area contributed by atoms with Crippen molar-refractivity contribution in [1.29, 1.82) is 0 Å². The molecule has 0 aliphatic rings. The summed E-state index contributed by atoms with van der Waals surface area (Å²) in [5, 5.41) is 9.51. The van der Waals surface area contributed by atoms with Crippen molar-refractivity contribution in [2.45, 2.75) is 52.9 Å². The number of benzene rings is 3. The van der Waals surface area contributed by atoms with Gasteiger partial charge in [-0.05, 0) is 77.3 Å². The molecule has 0 bridgehead atoms. The van der Waals surface area contributed by atoms with E-state index in [2.05, 4.69) is 57.2 Å². The van der Waals surface area contributed by atoms with Gasteiger partial charge in [-0.2, -0.15) is 0 Å². The molecule has 0 saturated heterocycles. The van der Waals surface area contributed by atoms with Gasteiger partial charge >= 0.3 is 0 Å². The van der Waals surface area contributed by atoms with Crippen LogP contribution in [0, 0.1) is 6.92 Å². The molecule has 140 valence electrons. The van der Waals surface area contributed by atoms with Crippen molar-refractivity contribution in [3.63, 3.8) is 0 Å². The molecule has 1 nitrogen and oxygen atoms in total. The fourth-order valence-corrected chi connectivity index (χ4v) is 3.75. The number of phenols is 1. The normalized spacial score (nSPS) is 10.9. The van der Waals surface area contributed by atoms with Crippen LogP contribution < -0.4 is 0 Å². The Morgan fingerprint density at radius 3 is 2.11 bits per heavy atom. The highest BCUT2D eigenvalue weighted by atomic mass is 16.3. The molecule has 0 saturated carbocycles. The molecular formula is C26H30O. The summed E-state index contributed by atoms with van der Waals surface area (Å²) < 4.78 is 0. The van der Waals surface area contributed by atoms with Crippen LogP contribution in [-0.2, 0) is 12.8 Å². The smallest absolute Gasteiger partial charge is 0.115 e. The van der Waals surface area contributed by atoms with Gasteiger partial charge in [0.1, 0.15) is 5.75 Å². The molecule has 3 aromatic rings. The highest BCUT2D eigenvalue weighted by Crippen LogP contribution is 2.31. The second kappa shape index (κ2) is 8.90. The van der Waals surface area contributed by atoms with Gasteiger partial charge < -0.3 is 5.11 Å². The van der Waals surface area contributed by atoms with Crippen LogP contribution in [-0.4, -0.2) is 5.11 Å². The summed E-state index contributed by atoms with van der Waals surface area (Å²) in [4.78, 5) is 0. The quantitative estimate of drug-likeness (QED) is 0.438. The maximum absolute atomic E-state index is 9.51. The zero-order valence-corrected chi connectivity index (χ0v) is 16.8. The fourth-order valence-electron chi connectivity index (χ4n) is 3.75. The van der Waals surface area contributed by atoms with E-state index >= 15 is 0 Å². The van der Waals surface area contributed by atoms with Crippen LogP contribution >= 0.6 is 0 Å². The van der Waals surface area contributed by atoms with E-state index in [1.165, 1.54) is 59.1 Å². The van der Waals surface area contributed by atoms with E-state index in [0.29, 0.717) is 5.75 Å². The van der Waals surface area contributed by atoms with Crippen molar-refractivity contribution in [3.8, 4) is 28.0 Å². The van der Waals surface area contributed by atoms with E-state index in [0.717, 1.165) is 12.0 Å². The lowest BCUT2D eigenvalue weighted by Crippen LogP contribution is -1.93. The molecule has 0 aliphatic heterocycles. The van der Waals surface area contributed by atoms with E-state index in [1.54, 1.807) is 12.1 Å². The van der Waals surface area contributed by atoms with Crippen molar-refractivity contribution in [3.05, 3.63) is 77.4 Å². The SMILES string of the molecule is CCCCCc1ccc(-c2ccc(-c3ccc(O)cc3)c(C)c2)c(CC)c1. The molecule has 3 aromatic carbocycles. The number of hydrogen-bond donors (Lipinski definition) is 1. The molecule has 0 radical (unpaired) electrons. The number of rotatable bonds is 7. The molecule has 0 aromatic heterocycles. The van der Waals surface area contributed by atoms with Gasteiger partial charge in [-0.3, -0.25) is 0 Å². The summed E-state index contributed by atoms with van der Waals surface area (Å²) in [6, 6.07) is 21.1. The fraction of sp³-hybridized carbons (Fsp3) is 0.308. The van der Waals surface area contributed by atoms with E-state index in [9.17, 15) is 5.11 Å². The van der Waals surface area contributed by atoms with Crippen molar-refractivity contribution in [2.75, 3.05) is 0 Å². The number of aromatic hydroxyl groups is 1. The van der Waals surface area contributed by atoms with Crippen molar-refractivity contribution in [1.82, 2.24) is 0 Å². The van der Waals surface area contributed by atoms with Crippen molar-refractivity contribution < 1.29 is 5.11 Å². The van der Waals surface area contributed by atoms with Gasteiger partial charge in [0, 0.05) is 0 Å². The van der Waals surface area contributed by atoms with E-state index < -0.39 is 0 Å². The van der Waals surface area contributed by atoms with Crippen LogP contribution in [0.15, 0.2) is 60.7 Å². The Labute approximate surface area is 163 Å². The highest BCUT2D eigenvalue weighted by Gasteiger charge is 2.09. The predicted molar refractivity (Wildman–Crippen MR) is 116 cm³/mol. The standard InChI is InChI=1S/C26H30O/c1-4-6-7-8-20-9-15-26(21(5-2)18-20)23-12-16-25(19(3)17-23)22-10-13-24(27)14-11-22/h9-18,27H,4-8H2,1-3H3. The summed E-state index contributed by atoms with van der Waals surface area (Å²) in [6.45, 7) is 6.66. The van der Waals surface area contributed by atoms with E-state index in [4.69, 9.17) is 0 Å². The summed E-state index contributed by atoms with van der Waals surface area (Å²) in [5.41, 5.74) is 9.13. The van der Waals surface area contributed by atoms with Crippen LogP contribution in [0.5, 0.6) is 5.75 Å². The zero-order chi connectivity index (χ0) is 19.2. The number of hydrogen-bond acceptors (Lipinski definition) is 1. The maximum atomic E-state index is 9.51. The molecule has 0 aliphatic carbocycles. The van der Waals surface area contributed by atoms with E-state index in [-0.39, 0.29) is 0 Å². The van der Waals surface area contributed by atoms with Gasteiger partial charge in [-0.25, -0.2) is 0 Å². The Bertz CT molecular complexity index is 891. The molecule has 27 heavy (non-hydrogen) atoms. The van der Waals surface area contributed by atoms with Crippen LogP contribution in [0.3, 0.4) is 0 Å². The molecule has 1 heteroatoms. The third-order valence-corrected chi connectivity index (χ3v) is 5.34. The predicted octanol–water partition coefficient (Wildman–Crippen LogP) is 7.33. The third-order valence-electron chi connectivity index (χ3n) is 5.34. The Kier molecular flexibility index (Phi) is 6.34. The first kappa shape index (κ1) is 19.2. The first-order valence-corrected chi connectivity index (χ1v) is 10.1. The number of unbranched alkanes of at least 4 members (excludes halogenated alkanes) is 2. The summed E-state index contributed by atoms with van der Waals surface area (Å²) >= 11 is 0. The second-order valence-corrected chi connectivity index (χ2v) is 7.38. The van der Waals surface area contributed by atoms with Crippen LogP contribution in [0.2, 0.25) is 0 Å². The molecule has 0 fully saturated rings. The lowest BCUT2D eigenvalue weighted by atomic mass is 9.91. The van der Waals surface area contributed by atoms with Gasteiger partial charge in [-0.1, -0.05) is 75.2 Å². The van der Waals surface area contributed by atoms with Gasteiger partial charge in [-0.15, -0.1) is 0 Å². The summed E-state index contributed by atoms with van der Waals surface area (Å²) in [7, 11) is 0. The summed E-state index contributed by atoms with van der Waals surface area (Å²) in [5.74, 6) is 0.305. The first-order chi connectivity index (χ1) is 13.1. The topological polar surface area (TPSA) is 20.2 Å². The Morgan fingerprint density at radius 2 is 1.44 bits per heavy atom. The van der Waals surface area contributed by atoms with Gasteiger partial charge in [0.05, 0.1) is 0 Å². The Hall–Kier alpha value is -2.54. The maximum Gasteiger partial charge on any atom is 0.115 e. The second-order valence-electron chi connectivity index (χ2n) is 7.38. The molecule has 3 rings (SSSR count). The minimum absolute atomic E-state index is 0.305. The lowest BCUT2D eigenvalue weighted by Gasteiger charge is -2.14. The van der Waals surface area contributed by atoms with Crippen molar-refractivity contribution in [2.24, 2.45) is 0 Å². The van der Waals surface area contributed by atoms with Crippen molar-refractivity contribution >= 4 is 0 Å². The molecule has 1 N–H and O–H groups in total. The van der Waals surface area contributed by atoms with E-state index in [1.807, 2.05) is 12.1 Å². The Morgan fingerprint density at radius 1 is 0.741 bits per heavy atom. The first-order valence-electron chi connectivity index (χ1n) is 10.1. The highest BCUT2D eigenvalue weighted by molar-refractivity contribution is 5.75. The summed E-state index contributed by atoms with van der Waals surface area (Å²) in [6.07, 6.45) is 6.08. The molecule has 0 atom stereocenters. The number of phenolic OH excluding ortho intramolecular Hbond substituents is 1. The van der Waals surface area contributed by atoms with Gasteiger partial charge in [0.2, 0.25) is 0 Å². The molecule has 0 amide bonds. The van der Waals surface area contributed by atoms with Gasteiger partial charge in [0.15, 0.2) is 0 Å². The molecule has 0 unspecified atom stereocenters. The van der Waals surface area contributed by atoms with Gasteiger partial charge in [0.25, 0.3) is 0 Å². The van der Waals surface area contributed by atoms with Crippen LogP contribution in [0.1, 0.15) is 49.8 Å². The minimum Gasteiger partial charge on any atom is -0.508 e. The largest absolute Gasteiger partial charge is 0.508 e. The Balaban J connectivity index is 1.89. The average Bonchev–Trinajstić information content (AvgIpc) is 2.69. The minimum atomic E-state index is 0.305. The average molecular weight is 359 g/mol. The van der Waals surface area contributed by atoms with Crippen LogP contribution in [0.25, 0.3) is 22.3 Å². The van der Waals surface area contributed by atoms with Crippen LogP contribution in [0.4, 0.5) is 0 Å². The molecule has 0 spiro atoms. The lowest BCUT2D eigenvalue weighted by molar-refractivity contribution is 0.475. The molecule has 0 heterocycles. The molecular weight excluding hydrogens is 328 g/mol. The zero-order valence-electron chi connectivity index (χ0n) is 16.8. The monoisotopic (exact) mass is 358 g/mol. The third kappa shape index (κ3) is 4.60.